The molecule has 1 rings (SSSR count). The minimum atomic E-state index is -0.245. The summed E-state index contributed by atoms with van der Waals surface area (Å²) in [6.07, 6.45) is 6.57. The van der Waals surface area contributed by atoms with Gasteiger partial charge in [-0.25, -0.2) is 0 Å². The molecule has 1 aromatic heterocycles. The van der Waals surface area contributed by atoms with E-state index in [0.29, 0.717) is 6.42 Å². The molecular formula is C12H18BrNO. The van der Waals surface area contributed by atoms with Crippen molar-refractivity contribution in [1.29, 1.82) is 0 Å². The van der Waals surface area contributed by atoms with Gasteiger partial charge in [0.15, 0.2) is 0 Å². The first-order valence-electron chi connectivity index (χ1n) is 5.51. The van der Waals surface area contributed by atoms with Crippen LogP contribution < -0.4 is 0 Å². The highest BCUT2D eigenvalue weighted by molar-refractivity contribution is 9.10. The van der Waals surface area contributed by atoms with Crippen molar-refractivity contribution in [2.24, 2.45) is 0 Å². The Balaban J connectivity index is 2.31. The molecule has 1 heterocycles. The molecule has 1 N–H and O–H groups in total. The number of aliphatic hydroxyl groups excluding tert-OH is 1. The Kier molecular flexibility index (Phi) is 5.88. The molecule has 1 unspecified atom stereocenters. The predicted octanol–water partition coefficient (Wildman–Crippen LogP) is 3.33. The first-order valence-corrected chi connectivity index (χ1v) is 6.30. The van der Waals surface area contributed by atoms with Crippen LogP contribution in [0.2, 0.25) is 0 Å². The van der Waals surface area contributed by atoms with E-state index in [9.17, 15) is 5.11 Å². The first-order chi connectivity index (χ1) is 7.22. The molecule has 84 valence electrons. The van der Waals surface area contributed by atoms with Crippen LogP contribution in [0.3, 0.4) is 0 Å². The van der Waals surface area contributed by atoms with Gasteiger partial charge < -0.3 is 5.11 Å². The second-order valence-electron chi connectivity index (χ2n) is 3.82. The number of aromatic nitrogens is 1. The van der Waals surface area contributed by atoms with Gasteiger partial charge in [0.25, 0.3) is 0 Å². The molecule has 0 saturated heterocycles. The van der Waals surface area contributed by atoms with Crippen LogP contribution in [0.15, 0.2) is 22.8 Å². The van der Waals surface area contributed by atoms with Crippen molar-refractivity contribution in [1.82, 2.24) is 4.98 Å². The van der Waals surface area contributed by atoms with Gasteiger partial charge in [-0.15, -0.1) is 0 Å². The third-order valence-electron chi connectivity index (χ3n) is 2.37. The topological polar surface area (TPSA) is 33.1 Å². The zero-order valence-electron chi connectivity index (χ0n) is 9.12. The van der Waals surface area contributed by atoms with Crippen molar-refractivity contribution < 1.29 is 5.11 Å². The molecule has 0 aliphatic heterocycles. The van der Waals surface area contributed by atoms with E-state index in [-0.39, 0.29) is 6.10 Å². The van der Waals surface area contributed by atoms with E-state index in [1.807, 2.05) is 12.1 Å². The molecule has 0 amide bonds. The molecule has 0 saturated carbocycles. The molecule has 0 aromatic carbocycles. The average Bonchev–Trinajstić information content (AvgIpc) is 2.22. The third-order valence-corrected chi connectivity index (χ3v) is 2.84. The Labute approximate surface area is 99.9 Å². The summed E-state index contributed by atoms with van der Waals surface area (Å²) >= 11 is 3.34. The molecule has 1 aromatic rings. The van der Waals surface area contributed by atoms with Crippen LogP contribution in [0.1, 0.15) is 38.3 Å². The smallest absolute Gasteiger partial charge is 0.0595 e. The zero-order chi connectivity index (χ0) is 11.1. The molecule has 0 bridgehead atoms. The second-order valence-corrected chi connectivity index (χ2v) is 4.74. The van der Waals surface area contributed by atoms with E-state index in [1.54, 1.807) is 6.20 Å². The van der Waals surface area contributed by atoms with Gasteiger partial charge in [0.2, 0.25) is 0 Å². The monoisotopic (exact) mass is 271 g/mol. The fourth-order valence-corrected chi connectivity index (χ4v) is 1.74. The number of halogens is 1. The van der Waals surface area contributed by atoms with Gasteiger partial charge in [-0.05, 0) is 34.5 Å². The van der Waals surface area contributed by atoms with E-state index in [4.69, 9.17) is 0 Å². The van der Waals surface area contributed by atoms with Crippen molar-refractivity contribution in [2.45, 2.75) is 45.1 Å². The van der Waals surface area contributed by atoms with Gasteiger partial charge in [-0.2, -0.15) is 0 Å². The van der Waals surface area contributed by atoms with Gasteiger partial charge in [0.1, 0.15) is 0 Å². The molecule has 1 atom stereocenters. The summed E-state index contributed by atoms with van der Waals surface area (Å²) in [5.74, 6) is 0. The second kappa shape index (κ2) is 6.96. The van der Waals surface area contributed by atoms with E-state index >= 15 is 0 Å². The van der Waals surface area contributed by atoms with Gasteiger partial charge in [0, 0.05) is 22.8 Å². The summed E-state index contributed by atoms with van der Waals surface area (Å²) in [7, 11) is 0. The van der Waals surface area contributed by atoms with Crippen molar-refractivity contribution in [2.75, 3.05) is 0 Å². The lowest BCUT2D eigenvalue weighted by Crippen LogP contribution is -2.11. The fraction of sp³-hybridized carbons (Fsp3) is 0.583. The molecule has 3 heteroatoms. The number of unbranched alkanes of at least 4 members (excludes halogenated alkanes) is 2. The van der Waals surface area contributed by atoms with Crippen LogP contribution in [0.4, 0.5) is 0 Å². The standard InChI is InChI=1S/C12H18BrNO/c1-2-3-4-5-12(15)8-11-7-6-10(13)9-14-11/h6-7,9,12,15H,2-5,8H2,1H3. The molecule has 15 heavy (non-hydrogen) atoms. The van der Waals surface area contributed by atoms with Gasteiger partial charge in [-0.3, -0.25) is 4.98 Å². The summed E-state index contributed by atoms with van der Waals surface area (Å²) in [6.45, 7) is 2.17. The predicted molar refractivity (Wildman–Crippen MR) is 65.8 cm³/mol. The van der Waals surface area contributed by atoms with Crippen LogP contribution in [0.25, 0.3) is 0 Å². The Bertz CT molecular complexity index is 273. The van der Waals surface area contributed by atoms with Crippen LogP contribution in [-0.2, 0) is 6.42 Å². The molecule has 0 fully saturated rings. The number of pyridine rings is 1. The zero-order valence-corrected chi connectivity index (χ0v) is 10.7. The average molecular weight is 272 g/mol. The molecule has 0 spiro atoms. The summed E-state index contributed by atoms with van der Waals surface area (Å²) in [6, 6.07) is 3.91. The van der Waals surface area contributed by atoms with Crippen LogP contribution in [0, 0.1) is 0 Å². The maximum Gasteiger partial charge on any atom is 0.0595 e. The lowest BCUT2D eigenvalue weighted by molar-refractivity contribution is 0.160. The number of nitrogens with zero attached hydrogens (tertiary/aromatic N) is 1. The van der Waals surface area contributed by atoms with Crippen molar-refractivity contribution >= 4 is 15.9 Å². The summed E-state index contributed by atoms with van der Waals surface area (Å²) in [4.78, 5) is 4.24. The van der Waals surface area contributed by atoms with Crippen molar-refractivity contribution in [3.05, 3.63) is 28.5 Å². The number of hydrogen-bond acceptors (Lipinski definition) is 2. The maximum absolute atomic E-state index is 9.75. The highest BCUT2D eigenvalue weighted by atomic mass is 79.9. The Morgan fingerprint density at radius 1 is 1.40 bits per heavy atom. The minimum Gasteiger partial charge on any atom is -0.393 e. The van der Waals surface area contributed by atoms with E-state index < -0.39 is 0 Å². The van der Waals surface area contributed by atoms with Crippen LogP contribution >= 0.6 is 15.9 Å². The number of aliphatic hydroxyl groups is 1. The quantitative estimate of drug-likeness (QED) is 0.806. The fourth-order valence-electron chi connectivity index (χ4n) is 1.50. The Hall–Kier alpha value is -0.410. The molecule has 0 radical (unpaired) electrons. The lowest BCUT2D eigenvalue weighted by atomic mass is 10.1. The SMILES string of the molecule is CCCCCC(O)Cc1ccc(Br)cn1. The highest BCUT2D eigenvalue weighted by Crippen LogP contribution is 2.11. The molecule has 0 aliphatic rings. The van der Waals surface area contributed by atoms with E-state index in [1.165, 1.54) is 12.8 Å². The van der Waals surface area contributed by atoms with Gasteiger partial charge >= 0.3 is 0 Å². The summed E-state index contributed by atoms with van der Waals surface area (Å²) < 4.78 is 0.978. The van der Waals surface area contributed by atoms with Crippen LogP contribution in [-0.4, -0.2) is 16.2 Å². The maximum atomic E-state index is 9.75. The lowest BCUT2D eigenvalue weighted by Gasteiger charge is -2.09. The summed E-state index contributed by atoms with van der Waals surface area (Å²) in [5.41, 5.74) is 0.960. The molecular weight excluding hydrogens is 254 g/mol. The van der Waals surface area contributed by atoms with Crippen molar-refractivity contribution in [3.8, 4) is 0 Å². The molecule has 0 aliphatic carbocycles. The summed E-state index contributed by atoms with van der Waals surface area (Å²) in [5, 5.41) is 9.75. The largest absolute Gasteiger partial charge is 0.393 e. The van der Waals surface area contributed by atoms with Crippen molar-refractivity contribution in [3.63, 3.8) is 0 Å². The Morgan fingerprint density at radius 3 is 2.80 bits per heavy atom. The highest BCUT2D eigenvalue weighted by Gasteiger charge is 2.05. The number of rotatable bonds is 6. The molecule has 2 nitrogen and oxygen atoms in total. The van der Waals surface area contributed by atoms with Gasteiger partial charge in [0.05, 0.1) is 6.10 Å². The minimum absolute atomic E-state index is 0.245. The van der Waals surface area contributed by atoms with Crippen LogP contribution in [0.5, 0.6) is 0 Å². The van der Waals surface area contributed by atoms with E-state index in [0.717, 1.165) is 23.0 Å². The number of hydrogen-bond donors (Lipinski definition) is 1. The Morgan fingerprint density at radius 2 is 2.20 bits per heavy atom. The van der Waals surface area contributed by atoms with Gasteiger partial charge in [-0.1, -0.05) is 26.2 Å². The third kappa shape index (κ3) is 5.28. The normalized spacial score (nSPS) is 12.7. The first kappa shape index (κ1) is 12.7. The van der Waals surface area contributed by atoms with E-state index in [2.05, 4.69) is 27.8 Å².